The number of nitrogens with zero attached hydrogens (tertiary/aromatic N) is 3. The molecule has 4 heterocycles. The minimum Gasteiger partial charge on any atom is -0.375 e. The molecule has 6 nitrogen and oxygen atoms in total. The molecule has 1 amide bonds. The molecule has 0 saturated heterocycles. The zero-order valence-corrected chi connectivity index (χ0v) is 14.0. The minimum atomic E-state index is -0.235. The van der Waals surface area contributed by atoms with Crippen LogP contribution in [0.4, 0.5) is 5.13 Å². The molecular weight excluding hydrogens is 332 g/mol. The molecule has 23 heavy (non-hydrogen) atoms. The number of anilines is 1. The van der Waals surface area contributed by atoms with Gasteiger partial charge in [0.2, 0.25) is 0 Å². The van der Waals surface area contributed by atoms with Crippen LogP contribution in [0.1, 0.15) is 21.1 Å². The zero-order valence-electron chi connectivity index (χ0n) is 12.4. The van der Waals surface area contributed by atoms with Crippen LogP contribution in [0.5, 0.6) is 0 Å². The van der Waals surface area contributed by atoms with Gasteiger partial charge in [0.1, 0.15) is 0 Å². The van der Waals surface area contributed by atoms with Crippen molar-refractivity contribution in [1.82, 2.24) is 14.4 Å². The van der Waals surface area contributed by atoms with Crippen molar-refractivity contribution in [1.29, 1.82) is 0 Å². The van der Waals surface area contributed by atoms with Gasteiger partial charge in [-0.05, 0) is 18.4 Å². The molecule has 0 radical (unpaired) electrons. The molecule has 0 aromatic carbocycles. The molecule has 0 unspecified atom stereocenters. The molecule has 3 aromatic heterocycles. The summed E-state index contributed by atoms with van der Waals surface area (Å²) >= 11 is 2.98. The summed E-state index contributed by atoms with van der Waals surface area (Å²) < 4.78 is 7.33. The topological polar surface area (TPSA) is 68.5 Å². The summed E-state index contributed by atoms with van der Waals surface area (Å²) in [5.74, 6) is -0.235. The first-order valence-corrected chi connectivity index (χ1v) is 9.19. The van der Waals surface area contributed by atoms with Crippen molar-refractivity contribution >= 4 is 39.7 Å². The van der Waals surface area contributed by atoms with Crippen LogP contribution in [0.15, 0.2) is 29.6 Å². The number of amides is 1. The lowest BCUT2D eigenvalue weighted by Gasteiger charge is -2.08. The summed E-state index contributed by atoms with van der Waals surface area (Å²) in [4.78, 5) is 22.6. The number of carbonyl (C=O) groups is 1. The van der Waals surface area contributed by atoms with Crippen molar-refractivity contribution in [3.05, 3.63) is 40.7 Å². The van der Waals surface area contributed by atoms with E-state index < -0.39 is 0 Å². The number of ether oxygens (including phenoxy) is 1. The highest BCUT2D eigenvalue weighted by molar-refractivity contribution is 7.98. The van der Waals surface area contributed by atoms with Crippen molar-refractivity contribution in [3.63, 3.8) is 0 Å². The smallest absolute Gasteiger partial charge is 0.278 e. The number of nitrogens with one attached hydrogen (secondary N) is 1. The number of thioether (sulfide) groups is 1. The molecule has 4 rings (SSSR count). The maximum Gasteiger partial charge on any atom is 0.278 e. The molecule has 3 aromatic rings. The monoisotopic (exact) mass is 346 g/mol. The van der Waals surface area contributed by atoms with Crippen molar-refractivity contribution in [3.8, 4) is 0 Å². The van der Waals surface area contributed by atoms with Crippen LogP contribution < -0.4 is 5.32 Å². The number of hydrogen-bond acceptors (Lipinski definition) is 6. The first-order chi connectivity index (χ1) is 11.3. The molecule has 1 aliphatic heterocycles. The summed E-state index contributed by atoms with van der Waals surface area (Å²) in [5, 5.41) is 4.27. The predicted molar refractivity (Wildman–Crippen MR) is 90.4 cm³/mol. The molecule has 0 aliphatic carbocycles. The molecule has 0 spiro atoms. The molecule has 0 atom stereocenters. The largest absolute Gasteiger partial charge is 0.375 e. The van der Waals surface area contributed by atoms with Crippen molar-refractivity contribution in [2.45, 2.75) is 18.2 Å². The second-order valence-corrected chi connectivity index (χ2v) is 6.91. The lowest BCUT2D eigenvalue weighted by atomic mass is 10.2. The van der Waals surface area contributed by atoms with Crippen LogP contribution in [0.3, 0.4) is 0 Å². The fourth-order valence-corrected chi connectivity index (χ4v) is 4.03. The van der Waals surface area contributed by atoms with Gasteiger partial charge in [-0.15, -0.1) is 0 Å². The lowest BCUT2D eigenvalue weighted by molar-refractivity contribution is 0.102. The van der Waals surface area contributed by atoms with Gasteiger partial charge in [0.25, 0.3) is 5.91 Å². The van der Waals surface area contributed by atoms with E-state index in [0.717, 1.165) is 27.7 Å². The summed E-state index contributed by atoms with van der Waals surface area (Å²) in [6.07, 6.45) is 4.65. The van der Waals surface area contributed by atoms with Crippen LogP contribution in [-0.4, -0.2) is 33.1 Å². The molecule has 0 saturated carbocycles. The second kappa shape index (κ2) is 5.95. The van der Waals surface area contributed by atoms with E-state index in [1.165, 1.54) is 23.1 Å². The van der Waals surface area contributed by atoms with E-state index in [-0.39, 0.29) is 5.91 Å². The first kappa shape index (κ1) is 14.7. The van der Waals surface area contributed by atoms with E-state index in [9.17, 15) is 4.79 Å². The molecule has 1 N–H and O–H groups in total. The van der Waals surface area contributed by atoms with Crippen LogP contribution in [0.25, 0.3) is 5.52 Å². The third-order valence-corrected chi connectivity index (χ3v) is 5.27. The Labute approximate surface area is 140 Å². The highest BCUT2D eigenvalue weighted by Crippen LogP contribution is 2.28. The van der Waals surface area contributed by atoms with Crippen LogP contribution in [0.2, 0.25) is 0 Å². The Bertz CT molecular complexity index is 863. The van der Waals surface area contributed by atoms with E-state index in [1.807, 2.05) is 35.1 Å². The van der Waals surface area contributed by atoms with Gasteiger partial charge in [0.15, 0.2) is 16.0 Å². The molecule has 8 heteroatoms. The average molecular weight is 346 g/mol. The average Bonchev–Trinajstić information content (AvgIpc) is 3.15. The number of aromatic nitrogens is 3. The second-order valence-electron chi connectivity index (χ2n) is 5.05. The highest BCUT2D eigenvalue weighted by Gasteiger charge is 2.20. The standard InChI is InChI=1S/C15H14N4O2S2/c1-22-15-17-12(10-4-2-3-6-19(10)15)13(20)18-14-16-9-5-7-21-8-11(9)23-14/h2-4,6H,5,7-8H2,1H3,(H,16,18,20). The molecule has 0 fully saturated rings. The van der Waals surface area contributed by atoms with E-state index in [2.05, 4.69) is 15.3 Å². The van der Waals surface area contributed by atoms with Gasteiger partial charge >= 0.3 is 0 Å². The van der Waals surface area contributed by atoms with E-state index in [0.29, 0.717) is 24.0 Å². The third-order valence-electron chi connectivity index (χ3n) is 3.63. The summed E-state index contributed by atoms with van der Waals surface area (Å²) in [6, 6.07) is 5.71. The number of rotatable bonds is 3. The Morgan fingerprint density at radius 2 is 2.35 bits per heavy atom. The van der Waals surface area contributed by atoms with Crippen molar-refractivity contribution < 1.29 is 9.53 Å². The molecule has 0 bridgehead atoms. The maximum absolute atomic E-state index is 12.6. The Balaban J connectivity index is 1.66. The highest BCUT2D eigenvalue weighted by atomic mass is 32.2. The third kappa shape index (κ3) is 2.62. The number of hydrogen-bond donors (Lipinski definition) is 1. The van der Waals surface area contributed by atoms with Crippen LogP contribution in [-0.2, 0) is 17.8 Å². The molecular formula is C15H14N4O2S2. The first-order valence-electron chi connectivity index (χ1n) is 7.15. The summed E-state index contributed by atoms with van der Waals surface area (Å²) in [6.45, 7) is 1.26. The van der Waals surface area contributed by atoms with Crippen LogP contribution >= 0.6 is 23.1 Å². The van der Waals surface area contributed by atoms with Gasteiger partial charge in [-0.2, -0.15) is 0 Å². The Hall–Kier alpha value is -1.90. The Morgan fingerprint density at radius 3 is 3.17 bits per heavy atom. The van der Waals surface area contributed by atoms with E-state index in [4.69, 9.17) is 4.74 Å². The van der Waals surface area contributed by atoms with Gasteiger partial charge in [0, 0.05) is 12.6 Å². The number of thiazole rings is 1. The minimum absolute atomic E-state index is 0.235. The van der Waals surface area contributed by atoms with Crippen molar-refractivity contribution in [2.75, 3.05) is 18.2 Å². The van der Waals surface area contributed by atoms with Gasteiger partial charge in [-0.3, -0.25) is 14.5 Å². The quantitative estimate of drug-likeness (QED) is 0.739. The van der Waals surface area contributed by atoms with Crippen molar-refractivity contribution in [2.24, 2.45) is 0 Å². The van der Waals surface area contributed by atoms with Gasteiger partial charge in [-0.25, -0.2) is 9.97 Å². The number of carbonyl (C=O) groups excluding carboxylic acids is 1. The molecule has 118 valence electrons. The normalized spacial score (nSPS) is 14.0. The number of imidazole rings is 1. The van der Waals surface area contributed by atoms with Crippen LogP contribution in [0, 0.1) is 0 Å². The Kier molecular flexibility index (Phi) is 3.80. The predicted octanol–water partition coefficient (Wildman–Crippen LogP) is 2.84. The van der Waals surface area contributed by atoms with E-state index >= 15 is 0 Å². The zero-order chi connectivity index (χ0) is 15.8. The fraction of sp³-hybridized carbons (Fsp3) is 0.267. The summed E-state index contributed by atoms with van der Waals surface area (Å²) in [5.41, 5.74) is 2.23. The van der Waals surface area contributed by atoms with Gasteiger partial charge in [-0.1, -0.05) is 29.2 Å². The van der Waals surface area contributed by atoms with Gasteiger partial charge < -0.3 is 4.74 Å². The number of pyridine rings is 1. The van der Waals surface area contributed by atoms with E-state index in [1.54, 1.807) is 0 Å². The maximum atomic E-state index is 12.6. The number of fused-ring (bicyclic) bond motifs is 2. The Morgan fingerprint density at radius 1 is 1.43 bits per heavy atom. The fourth-order valence-electron chi connectivity index (χ4n) is 2.56. The summed E-state index contributed by atoms with van der Waals surface area (Å²) in [7, 11) is 0. The van der Waals surface area contributed by atoms with Gasteiger partial charge in [0.05, 0.1) is 29.3 Å². The molecule has 1 aliphatic rings. The lowest BCUT2D eigenvalue weighted by Crippen LogP contribution is -2.13. The SMILES string of the molecule is CSc1nc(C(=O)Nc2nc3c(s2)COCC3)c2ccccn12.